The van der Waals surface area contributed by atoms with E-state index in [1.54, 1.807) is 6.08 Å². The fraction of sp³-hybridized carbons (Fsp3) is 0.706. The summed E-state index contributed by atoms with van der Waals surface area (Å²) in [6, 6.07) is 0. The van der Waals surface area contributed by atoms with Crippen LogP contribution >= 0.6 is 0 Å². The number of hydrogen-bond donors (Lipinski definition) is 0. The molecule has 0 saturated heterocycles. The lowest BCUT2D eigenvalue weighted by Gasteiger charge is -2.35. The van der Waals surface area contributed by atoms with Crippen LogP contribution in [-0.4, -0.2) is 5.78 Å². The lowest BCUT2D eigenvalue weighted by molar-refractivity contribution is -0.121. The summed E-state index contributed by atoms with van der Waals surface area (Å²) in [6.07, 6.45) is 16.2. The van der Waals surface area contributed by atoms with Crippen molar-refractivity contribution in [2.45, 2.75) is 57.8 Å². The number of carbonyl (C=O) groups excluding carboxylic acids is 1. The van der Waals surface area contributed by atoms with Crippen molar-refractivity contribution in [2.75, 3.05) is 0 Å². The number of Topliss-reactive ketones (excluding diaryl/α,β-unsaturated/α-hetero) is 1. The van der Waals surface area contributed by atoms with Gasteiger partial charge in [0.2, 0.25) is 0 Å². The topological polar surface area (TPSA) is 17.1 Å². The van der Waals surface area contributed by atoms with Gasteiger partial charge in [0.05, 0.1) is 6.33 Å². The SMILES string of the molecule is O=C1CCC(C2CCC(C/C=C/C=C/F)CC2)CC1. The van der Waals surface area contributed by atoms with Crippen LogP contribution in [0.1, 0.15) is 57.8 Å². The Bertz CT molecular complexity index is 327. The second kappa shape index (κ2) is 7.62. The predicted molar refractivity (Wildman–Crippen MR) is 76.4 cm³/mol. The summed E-state index contributed by atoms with van der Waals surface area (Å²) in [5, 5.41) is 0. The van der Waals surface area contributed by atoms with Gasteiger partial charge in [-0.25, -0.2) is 4.39 Å². The molecule has 0 amide bonds. The third-order valence-corrected chi connectivity index (χ3v) is 4.94. The number of ketones is 1. The van der Waals surface area contributed by atoms with Crippen molar-refractivity contribution in [3.05, 3.63) is 24.6 Å². The Morgan fingerprint density at radius 3 is 2.21 bits per heavy atom. The summed E-state index contributed by atoms with van der Waals surface area (Å²) >= 11 is 0. The van der Waals surface area contributed by atoms with Crippen LogP contribution < -0.4 is 0 Å². The van der Waals surface area contributed by atoms with E-state index in [1.807, 2.05) is 0 Å². The van der Waals surface area contributed by atoms with E-state index in [1.165, 1.54) is 31.8 Å². The van der Waals surface area contributed by atoms with Gasteiger partial charge in [0.15, 0.2) is 0 Å². The predicted octanol–water partition coefficient (Wildman–Crippen LogP) is 4.98. The van der Waals surface area contributed by atoms with Gasteiger partial charge in [-0.05, 0) is 68.8 Å². The van der Waals surface area contributed by atoms with Crippen molar-refractivity contribution in [3.63, 3.8) is 0 Å². The molecular formula is C17H25FO. The Morgan fingerprint density at radius 2 is 1.58 bits per heavy atom. The highest BCUT2D eigenvalue weighted by Gasteiger charge is 2.29. The summed E-state index contributed by atoms with van der Waals surface area (Å²) in [5.41, 5.74) is 0. The molecule has 0 atom stereocenters. The third-order valence-electron chi connectivity index (χ3n) is 4.94. The Balaban J connectivity index is 1.69. The van der Waals surface area contributed by atoms with E-state index < -0.39 is 0 Å². The van der Waals surface area contributed by atoms with Crippen LogP contribution in [0.25, 0.3) is 0 Å². The maximum atomic E-state index is 11.8. The molecule has 2 rings (SSSR count). The molecule has 2 fully saturated rings. The molecule has 19 heavy (non-hydrogen) atoms. The zero-order chi connectivity index (χ0) is 13.5. The van der Waals surface area contributed by atoms with Crippen molar-refractivity contribution >= 4 is 5.78 Å². The van der Waals surface area contributed by atoms with Gasteiger partial charge in [-0.3, -0.25) is 4.79 Å². The summed E-state index contributed by atoms with van der Waals surface area (Å²) in [7, 11) is 0. The van der Waals surface area contributed by atoms with Crippen molar-refractivity contribution in [2.24, 2.45) is 17.8 Å². The van der Waals surface area contributed by atoms with Crippen LogP contribution in [0, 0.1) is 17.8 Å². The van der Waals surface area contributed by atoms with E-state index in [0.717, 1.165) is 49.9 Å². The first-order valence-corrected chi connectivity index (χ1v) is 7.73. The molecule has 0 unspecified atom stereocenters. The average molecular weight is 264 g/mol. The standard InChI is InChI=1S/C17H25FO/c18-13-3-1-2-4-14-5-7-15(8-6-14)16-9-11-17(19)12-10-16/h1-3,13-16H,4-12H2/b2-1+,13-3+. The van der Waals surface area contributed by atoms with Crippen LogP contribution in [0.2, 0.25) is 0 Å². The van der Waals surface area contributed by atoms with Gasteiger partial charge in [-0.2, -0.15) is 0 Å². The Labute approximate surface area is 116 Å². The molecule has 0 aromatic rings. The molecule has 1 nitrogen and oxygen atoms in total. The number of halogens is 1. The normalized spacial score (nSPS) is 30.5. The second-order valence-electron chi connectivity index (χ2n) is 6.14. The van der Waals surface area contributed by atoms with Gasteiger partial charge >= 0.3 is 0 Å². The van der Waals surface area contributed by atoms with Crippen LogP contribution in [-0.2, 0) is 4.79 Å². The van der Waals surface area contributed by atoms with E-state index in [0.29, 0.717) is 12.1 Å². The minimum absolute atomic E-state index is 0.469. The van der Waals surface area contributed by atoms with Crippen LogP contribution in [0.15, 0.2) is 24.6 Å². The van der Waals surface area contributed by atoms with Crippen molar-refractivity contribution in [1.29, 1.82) is 0 Å². The van der Waals surface area contributed by atoms with Crippen LogP contribution in [0.4, 0.5) is 4.39 Å². The minimum Gasteiger partial charge on any atom is -0.300 e. The number of hydrogen-bond acceptors (Lipinski definition) is 1. The van der Waals surface area contributed by atoms with Crippen molar-refractivity contribution in [3.8, 4) is 0 Å². The molecule has 0 spiro atoms. The first-order valence-electron chi connectivity index (χ1n) is 7.73. The summed E-state index contributed by atoms with van der Waals surface area (Å²) in [4.78, 5) is 11.3. The van der Waals surface area contributed by atoms with E-state index >= 15 is 0 Å². The average Bonchev–Trinajstić information content (AvgIpc) is 2.45. The monoisotopic (exact) mass is 264 g/mol. The molecular weight excluding hydrogens is 239 g/mol. The van der Waals surface area contributed by atoms with Gasteiger partial charge in [0, 0.05) is 12.8 Å². The van der Waals surface area contributed by atoms with Gasteiger partial charge in [0.1, 0.15) is 5.78 Å². The van der Waals surface area contributed by atoms with E-state index in [4.69, 9.17) is 0 Å². The van der Waals surface area contributed by atoms with Crippen molar-refractivity contribution in [1.82, 2.24) is 0 Å². The lowest BCUT2D eigenvalue weighted by atomic mass is 9.70. The molecule has 2 aliphatic rings. The lowest BCUT2D eigenvalue weighted by Crippen LogP contribution is -2.25. The number of rotatable bonds is 4. The third kappa shape index (κ3) is 4.59. The smallest absolute Gasteiger partial charge is 0.132 e. The van der Waals surface area contributed by atoms with Crippen LogP contribution in [0.5, 0.6) is 0 Å². The maximum Gasteiger partial charge on any atom is 0.132 e. The van der Waals surface area contributed by atoms with E-state index in [-0.39, 0.29) is 0 Å². The van der Waals surface area contributed by atoms with E-state index in [9.17, 15) is 9.18 Å². The summed E-state index contributed by atoms with van der Waals surface area (Å²) in [5.74, 6) is 2.92. The highest BCUT2D eigenvalue weighted by molar-refractivity contribution is 5.79. The molecule has 2 heteroatoms. The zero-order valence-electron chi connectivity index (χ0n) is 11.7. The molecule has 0 N–H and O–H groups in total. The molecule has 2 aliphatic carbocycles. The first-order chi connectivity index (χ1) is 9.29. The molecule has 106 valence electrons. The highest BCUT2D eigenvalue weighted by Crippen LogP contribution is 2.40. The Hall–Kier alpha value is -0.920. The molecule has 0 aromatic carbocycles. The van der Waals surface area contributed by atoms with Crippen molar-refractivity contribution < 1.29 is 9.18 Å². The van der Waals surface area contributed by atoms with Gasteiger partial charge in [-0.1, -0.05) is 12.2 Å². The van der Waals surface area contributed by atoms with E-state index in [2.05, 4.69) is 6.08 Å². The van der Waals surface area contributed by atoms with Gasteiger partial charge in [-0.15, -0.1) is 0 Å². The molecule has 0 radical (unpaired) electrons. The molecule has 0 bridgehead atoms. The van der Waals surface area contributed by atoms with Gasteiger partial charge in [0.25, 0.3) is 0 Å². The minimum atomic E-state index is 0.469. The molecule has 2 saturated carbocycles. The second-order valence-corrected chi connectivity index (χ2v) is 6.14. The van der Waals surface area contributed by atoms with Crippen LogP contribution in [0.3, 0.4) is 0 Å². The Morgan fingerprint density at radius 1 is 0.947 bits per heavy atom. The Kier molecular flexibility index (Phi) is 5.81. The molecule has 0 aromatic heterocycles. The maximum absolute atomic E-state index is 11.8. The number of carbonyl (C=O) groups is 1. The first kappa shape index (κ1) is 14.5. The summed E-state index contributed by atoms with van der Waals surface area (Å²) < 4.78 is 11.8. The molecule has 0 heterocycles. The summed E-state index contributed by atoms with van der Waals surface area (Å²) in [6.45, 7) is 0. The molecule has 0 aliphatic heterocycles. The largest absolute Gasteiger partial charge is 0.300 e. The number of allylic oxidation sites excluding steroid dienone is 3. The highest BCUT2D eigenvalue weighted by atomic mass is 19.1. The quantitative estimate of drug-likeness (QED) is 0.654. The zero-order valence-corrected chi connectivity index (χ0v) is 11.7. The fourth-order valence-electron chi connectivity index (χ4n) is 3.72. The van der Waals surface area contributed by atoms with Gasteiger partial charge < -0.3 is 0 Å². The fourth-order valence-corrected chi connectivity index (χ4v) is 3.72.